The Morgan fingerprint density at radius 1 is 1.13 bits per heavy atom. The van der Waals surface area contributed by atoms with Crippen LogP contribution in [0.5, 0.6) is 0 Å². The van der Waals surface area contributed by atoms with Crippen molar-refractivity contribution in [2.24, 2.45) is 5.92 Å². The largest absolute Gasteiger partial charge is 0.389 e. The lowest BCUT2D eigenvalue weighted by Gasteiger charge is -2.14. The molecule has 2 rings (SSSR count). The summed E-state index contributed by atoms with van der Waals surface area (Å²) in [5, 5.41) is 14.8. The normalized spacial score (nSPS) is 12.5. The van der Waals surface area contributed by atoms with Crippen LogP contribution in [0.4, 0.5) is 0 Å². The van der Waals surface area contributed by atoms with Gasteiger partial charge < -0.3 is 15.2 Å². The fourth-order valence-corrected chi connectivity index (χ4v) is 2.41. The van der Waals surface area contributed by atoms with E-state index < -0.39 is 6.10 Å². The first kappa shape index (κ1) is 17.4. The van der Waals surface area contributed by atoms with Gasteiger partial charge in [-0.15, -0.1) is 0 Å². The minimum Gasteiger partial charge on any atom is -0.389 e. The van der Waals surface area contributed by atoms with Crippen LogP contribution in [0, 0.1) is 5.92 Å². The first-order chi connectivity index (χ1) is 11.1. The van der Waals surface area contributed by atoms with Crippen molar-refractivity contribution in [3.63, 3.8) is 0 Å². The van der Waals surface area contributed by atoms with Gasteiger partial charge in [0, 0.05) is 13.2 Å². The van der Waals surface area contributed by atoms with Crippen LogP contribution in [0.3, 0.4) is 0 Å². The maximum atomic E-state index is 12.1. The number of hydrogen-bond donors (Lipinski definition) is 2. The first-order valence-corrected chi connectivity index (χ1v) is 8.05. The fourth-order valence-electron chi connectivity index (χ4n) is 2.41. The van der Waals surface area contributed by atoms with Crippen molar-refractivity contribution in [2.45, 2.75) is 26.4 Å². The SMILES string of the molecule is CC(C)COCC(O)CNC(=O)Cc1cccc2ccccc12. The van der Waals surface area contributed by atoms with E-state index in [0.717, 1.165) is 16.3 Å². The third-order valence-corrected chi connectivity index (χ3v) is 3.53. The second-order valence-electron chi connectivity index (χ2n) is 6.20. The number of aliphatic hydroxyl groups is 1. The molecule has 4 nitrogen and oxygen atoms in total. The summed E-state index contributed by atoms with van der Waals surface area (Å²) in [4.78, 5) is 12.1. The van der Waals surface area contributed by atoms with Crippen LogP contribution in [-0.2, 0) is 16.0 Å². The van der Waals surface area contributed by atoms with Gasteiger partial charge in [0.15, 0.2) is 0 Å². The lowest BCUT2D eigenvalue weighted by Crippen LogP contribution is -2.35. The molecule has 0 aliphatic carbocycles. The van der Waals surface area contributed by atoms with Crippen LogP contribution < -0.4 is 5.32 Å². The lowest BCUT2D eigenvalue weighted by molar-refractivity contribution is -0.121. The van der Waals surface area contributed by atoms with E-state index in [4.69, 9.17) is 4.74 Å². The smallest absolute Gasteiger partial charge is 0.224 e. The van der Waals surface area contributed by atoms with Crippen molar-refractivity contribution in [1.29, 1.82) is 0 Å². The van der Waals surface area contributed by atoms with E-state index in [-0.39, 0.29) is 19.1 Å². The van der Waals surface area contributed by atoms with Gasteiger partial charge in [-0.3, -0.25) is 4.79 Å². The molecule has 23 heavy (non-hydrogen) atoms. The zero-order valence-corrected chi connectivity index (χ0v) is 13.8. The minimum absolute atomic E-state index is 0.0933. The van der Waals surface area contributed by atoms with Crippen LogP contribution in [0.25, 0.3) is 10.8 Å². The highest BCUT2D eigenvalue weighted by molar-refractivity contribution is 5.90. The summed E-state index contributed by atoms with van der Waals surface area (Å²) in [6.07, 6.45) is -0.369. The molecular weight excluding hydrogens is 290 g/mol. The van der Waals surface area contributed by atoms with Gasteiger partial charge in [-0.2, -0.15) is 0 Å². The molecular formula is C19H25NO3. The topological polar surface area (TPSA) is 58.6 Å². The molecule has 124 valence electrons. The summed E-state index contributed by atoms with van der Waals surface area (Å²) in [5.41, 5.74) is 0.992. The number of hydrogen-bond acceptors (Lipinski definition) is 3. The quantitative estimate of drug-likeness (QED) is 0.787. The number of nitrogens with one attached hydrogen (secondary N) is 1. The Morgan fingerprint density at radius 3 is 2.65 bits per heavy atom. The Labute approximate surface area is 137 Å². The standard InChI is InChI=1S/C19H25NO3/c1-14(2)12-23-13-17(21)11-20-19(22)10-16-8-5-7-15-6-3-4-9-18(15)16/h3-9,14,17,21H,10-13H2,1-2H3,(H,20,22). The van der Waals surface area contributed by atoms with Crippen molar-refractivity contribution in [3.8, 4) is 0 Å². The zero-order valence-electron chi connectivity index (χ0n) is 13.8. The molecule has 1 atom stereocenters. The molecule has 1 amide bonds. The summed E-state index contributed by atoms with van der Waals surface area (Å²) >= 11 is 0. The predicted molar refractivity (Wildman–Crippen MR) is 92.3 cm³/mol. The monoisotopic (exact) mass is 315 g/mol. The van der Waals surface area contributed by atoms with E-state index in [9.17, 15) is 9.90 Å². The van der Waals surface area contributed by atoms with Crippen LogP contribution in [0.1, 0.15) is 19.4 Å². The summed E-state index contributed by atoms with van der Waals surface area (Å²) in [7, 11) is 0. The molecule has 0 saturated carbocycles. The van der Waals surface area contributed by atoms with E-state index in [0.29, 0.717) is 18.9 Å². The molecule has 1 unspecified atom stereocenters. The fraction of sp³-hybridized carbons (Fsp3) is 0.421. The number of ether oxygens (including phenoxy) is 1. The second-order valence-corrected chi connectivity index (χ2v) is 6.20. The number of benzene rings is 2. The summed E-state index contributed by atoms with van der Waals surface area (Å²) < 4.78 is 5.36. The van der Waals surface area contributed by atoms with E-state index in [1.165, 1.54) is 0 Å². The molecule has 0 heterocycles. The molecule has 0 bridgehead atoms. The third-order valence-electron chi connectivity index (χ3n) is 3.53. The second kappa shape index (κ2) is 8.65. The Bertz CT molecular complexity index is 634. The molecule has 0 fully saturated rings. The highest BCUT2D eigenvalue weighted by Crippen LogP contribution is 2.18. The Kier molecular flexibility index (Phi) is 6.56. The van der Waals surface area contributed by atoms with Gasteiger partial charge in [0.1, 0.15) is 0 Å². The van der Waals surface area contributed by atoms with Crippen molar-refractivity contribution in [3.05, 3.63) is 48.0 Å². The van der Waals surface area contributed by atoms with Gasteiger partial charge >= 0.3 is 0 Å². The number of aliphatic hydroxyl groups excluding tert-OH is 1. The molecule has 0 saturated heterocycles. The molecule has 0 aromatic heterocycles. The average molecular weight is 315 g/mol. The maximum Gasteiger partial charge on any atom is 0.224 e. The van der Waals surface area contributed by atoms with Crippen molar-refractivity contribution >= 4 is 16.7 Å². The summed E-state index contributed by atoms with van der Waals surface area (Å²) in [5.74, 6) is 0.340. The van der Waals surface area contributed by atoms with Gasteiger partial charge in [0.05, 0.1) is 19.1 Å². The number of carbonyl (C=O) groups excluding carboxylic acids is 1. The first-order valence-electron chi connectivity index (χ1n) is 8.05. The Hall–Kier alpha value is -1.91. The highest BCUT2D eigenvalue weighted by Gasteiger charge is 2.10. The Balaban J connectivity index is 1.82. The summed E-state index contributed by atoms with van der Waals surface area (Å²) in [6.45, 7) is 5.17. The van der Waals surface area contributed by atoms with Crippen molar-refractivity contribution < 1.29 is 14.6 Å². The summed E-state index contributed by atoms with van der Waals surface area (Å²) in [6, 6.07) is 14.0. The lowest BCUT2D eigenvalue weighted by atomic mass is 10.0. The Morgan fingerprint density at radius 2 is 1.87 bits per heavy atom. The average Bonchev–Trinajstić information content (AvgIpc) is 2.53. The molecule has 4 heteroatoms. The van der Waals surface area contributed by atoms with Gasteiger partial charge in [0.2, 0.25) is 5.91 Å². The van der Waals surface area contributed by atoms with Crippen molar-refractivity contribution in [2.75, 3.05) is 19.8 Å². The molecule has 2 aromatic rings. The third kappa shape index (κ3) is 5.66. The predicted octanol–water partition coefficient (Wildman–Crippen LogP) is 2.53. The molecule has 2 aromatic carbocycles. The molecule has 0 aliphatic rings. The van der Waals surface area contributed by atoms with E-state index in [1.807, 2.05) is 42.5 Å². The van der Waals surface area contributed by atoms with Crippen LogP contribution >= 0.6 is 0 Å². The van der Waals surface area contributed by atoms with Crippen LogP contribution in [-0.4, -0.2) is 36.9 Å². The van der Waals surface area contributed by atoms with E-state index in [2.05, 4.69) is 19.2 Å². The number of amides is 1. The van der Waals surface area contributed by atoms with Crippen molar-refractivity contribution in [1.82, 2.24) is 5.32 Å². The maximum absolute atomic E-state index is 12.1. The number of carbonyl (C=O) groups is 1. The molecule has 0 aliphatic heterocycles. The van der Waals surface area contributed by atoms with Gasteiger partial charge in [0.25, 0.3) is 0 Å². The van der Waals surface area contributed by atoms with Crippen LogP contribution in [0.15, 0.2) is 42.5 Å². The highest BCUT2D eigenvalue weighted by atomic mass is 16.5. The molecule has 2 N–H and O–H groups in total. The minimum atomic E-state index is -0.676. The zero-order chi connectivity index (χ0) is 16.7. The van der Waals surface area contributed by atoms with Crippen LogP contribution in [0.2, 0.25) is 0 Å². The molecule has 0 radical (unpaired) electrons. The van der Waals surface area contributed by atoms with Gasteiger partial charge in [-0.25, -0.2) is 0 Å². The number of rotatable bonds is 8. The van der Waals surface area contributed by atoms with E-state index >= 15 is 0 Å². The molecule has 0 spiro atoms. The van der Waals surface area contributed by atoms with Gasteiger partial charge in [-0.05, 0) is 22.3 Å². The van der Waals surface area contributed by atoms with Gasteiger partial charge in [-0.1, -0.05) is 56.3 Å². The van der Waals surface area contributed by atoms with E-state index in [1.54, 1.807) is 0 Å². The number of fused-ring (bicyclic) bond motifs is 1.